The molecule has 0 saturated carbocycles. The van der Waals surface area contributed by atoms with Gasteiger partial charge in [0, 0.05) is 31.4 Å². The zero-order chi connectivity index (χ0) is 17.0. The first-order valence-electron chi connectivity index (χ1n) is 5.01. The number of carboxylic acid groups (broad SMARTS) is 3. The molecular formula is C12H20O8. The molecule has 5 N–H and O–H groups in total. The standard InChI is InChI=1S/3C3H4O2.C3H8O2/c3*1-2-3(4)5;4-2-1-3-5/h3*2H,1H2,(H,4,5);4-5H,1-3H2. The summed E-state index contributed by atoms with van der Waals surface area (Å²) >= 11 is 0. The van der Waals surface area contributed by atoms with E-state index in [0.717, 1.165) is 18.2 Å². The monoisotopic (exact) mass is 292 g/mol. The quantitative estimate of drug-likeness (QED) is 0.448. The molecule has 0 aliphatic rings. The van der Waals surface area contributed by atoms with E-state index >= 15 is 0 Å². The zero-order valence-corrected chi connectivity index (χ0v) is 10.9. The predicted molar refractivity (Wildman–Crippen MR) is 72.3 cm³/mol. The van der Waals surface area contributed by atoms with Crippen LogP contribution in [0.3, 0.4) is 0 Å². The summed E-state index contributed by atoms with van der Waals surface area (Å²) in [6, 6.07) is 0. The Bertz CT molecular complexity index is 251. The van der Waals surface area contributed by atoms with Crippen LogP contribution in [0.15, 0.2) is 38.0 Å². The first-order chi connectivity index (χ1) is 9.22. The summed E-state index contributed by atoms with van der Waals surface area (Å²) < 4.78 is 0. The minimum absolute atomic E-state index is 0.0938. The van der Waals surface area contributed by atoms with Crippen LogP contribution in [-0.2, 0) is 14.4 Å². The van der Waals surface area contributed by atoms with Gasteiger partial charge in [0.2, 0.25) is 0 Å². The van der Waals surface area contributed by atoms with Crippen molar-refractivity contribution < 1.29 is 39.9 Å². The van der Waals surface area contributed by atoms with Crippen molar-refractivity contribution in [3.63, 3.8) is 0 Å². The minimum Gasteiger partial charge on any atom is -0.478 e. The van der Waals surface area contributed by atoms with Gasteiger partial charge in [-0.25, -0.2) is 14.4 Å². The summed E-state index contributed by atoms with van der Waals surface area (Å²) in [5.41, 5.74) is 0. The van der Waals surface area contributed by atoms with Crippen LogP contribution < -0.4 is 0 Å². The Labute approximate surface area is 116 Å². The fraction of sp³-hybridized carbons (Fsp3) is 0.250. The van der Waals surface area contributed by atoms with E-state index in [0.29, 0.717) is 6.42 Å². The lowest BCUT2D eigenvalue weighted by Gasteiger charge is -1.79. The van der Waals surface area contributed by atoms with Crippen LogP contribution in [-0.4, -0.2) is 56.7 Å². The molecule has 0 atom stereocenters. The fourth-order valence-corrected chi connectivity index (χ4v) is 0.0707. The van der Waals surface area contributed by atoms with E-state index in [4.69, 9.17) is 25.5 Å². The number of carboxylic acids is 3. The van der Waals surface area contributed by atoms with Crippen molar-refractivity contribution in [2.75, 3.05) is 13.2 Å². The van der Waals surface area contributed by atoms with Crippen LogP contribution in [0.25, 0.3) is 0 Å². The van der Waals surface area contributed by atoms with Crippen LogP contribution in [0.5, 0.6) is 0 Å². The highest BCUT2D eigenvalue weighted by molar-refractivity contribution is 5.79. The normalized spacial score (nSPS) is 6.90. The highest BCUT2D eigenvalue weighted by Crippen LogP contribution is 1.65. The molecule has 8 heteroatoms. The van der Waals surface area contributed by atoms with Crippen molar-refractivity contribution in [1.82, 2.24) is 0 Å². The SMILES string of the molecule is C=CC(=O)O.C=CC(=O)O.C=CC(=O)O.OCCCO. The van der Waals surface area contributed by atoms with E-state index in [-0.39, 0.29) is 13.2 Å². The minimum atomic E-state index is -0.981. The first-order valence-corrected chi connectivity index (χ1v) is 5.01. The average Bonchev–Trinajstić information content (AvgIpc) is 2.41. The Morgan fingerprint density at radius 2 is 0.850 bits per heavy atom. The number of rotatable bonds is 5. The van der Waals surface area contributed by atoms with Crippen LogP contribution in [0, 0.1) is 0 Å². The molecule has 0 aromatic rings. The van der Waals surface area contributed by atoms with Gasteiger partial charge in [0.05, 0.1) is 0 Å². The molecule has 0 heterocycles. The summed E-state index contributed by atoms with van der Waals surface area (Å²) in [6.45, 7) is 9.07. The predicted octanol–water partition coefficient (Wildman–Crippen LogP) is 0.132. The van der Waals surface area contributed by atoms with Gasteiger partial charge < -0.3 is 25.5 Å². The van der Waals surface area contributed by atoms with E-state index in [1.54, 1.807) is 0 Å². The summed E-state index contributed by atoms with van der Waals surface area (Å²) in [6.07, 6.45) is 3.00. The molecule has 0 saturated heterocycles. The third kappa shape index (κ3) is 107. The summed E-state index contributed by atoms with van der Waals surface area (Å²) in [4.78, 5) is 27.8. The molecule has 0 aromatic carbocycles. The van der Waals surface area contributed by atoms with E-state index in [9.17, 15) is 14.4 Å². The summed E-state index contributed by atoms with van der Waals surface area (Å²) in [5.74, 6) is -2.94. The topological polar surface area (TPSA) is 152 Å². The summed E-state index contributed by atoms with van der Waals surface area (Å²) in [7, 11) is 0. The number of aliphatic hydroxyl groups is 2. The molecule has 0 aliphatic heterocycles. The van der Waals surface area contributed by atoms with Crippen molar-refractivity contribution in [2.24, 2.45) is 0 Å². The maximum atomic E-state index is 9.25. The molecule has 0 aliphatic carbocycles. The van der Waals surface area contributed by atoms with Gasteiger partial charge >= 0.3 is 17.9 Å². The van der Waals surface area contributed by atoms with Gasteiger partial charge in [-0.3, -0.25) is 0 Å². The van der Waals surface area contributed by atoms with Gasteiger partial charge in [0.15, 0.2) is 0 Å². The van der Waals surface area contributed by atoms with Crippen LogP contribution in [0.4, 0.5) is 0 Å². The van der Waals surface area contributed by atoms with Gasteiger partial charge in [-0.15, -0.1) is 0 Å². The molecule has 116 valence electrons. The number of aliphatic hydroxyl groups excluding tert-OH is 2. The van der Waals surface area contributed by atoms with Gasteiger partial charge in [0.25, 0.3) is 0 Å². The maximum Gasteiger partial charge on any atom is 0.327 e. The molecule has 0 fully saturated rings. The number of hydrogen-bond acceptors (Lipinski definition) is 5. The van der Waals surface area contributed by atoms with E-state index in [2.05, 4.69) is 19.7 Å². The second-order valence-electron chi connectivity index (χ2n) is 2.43. The van der Waals surface area contributed by atoms with Gasteiger partial charge in [0.1, 0.15) is 0 Å². The van der Waals surface area contributed by atoms with Crippen molar-refractivity contribution in [3.05, 3.63) is 38.0 Å². The van der Waals surface area contributed by atoms with Crippen LogP contribution in [0.1, 0.15) is 6.42 Å². The van der Waals surface area contributed by atoms with E-state index < -0.39 is 17.9 Å². The lowest BCUT2D eigenvalue weighted by molar-refractivity contribution is -0.132. The maximum absolute atomic E-state index is 9.25. The summed E-state index contributed by atoms with van der Waals surface area (Å²) in [5, 5.41) is 38.6. The highest BCUT2D eigenvalue weighted by Gasteiger charge is 1.74. The Balaban J connectivity index is -0.0000000853. The number of carbonyl (C=O) groups is 3. The van der Waals surface area contributed by atoms with Gasteiger partial charge in [-0.05, 0) is 6.42 Å². The lowest BCUT2D eigenvalue weighted by atomic mass is 10.5. The second-order valence-corrected chi connectivity index (χ2v) is 2.43. The molecule has 0 spiro atoms. The van der Waals surface area contributed by atoms with Crippen LogP contribution >= 0.6 is 0 Å². The van der Waals surface area contributed by atoms with Crippen LogP contribution in [0.2, 0.25) is 0 Å². The van der Waals surface area contributed by atoms with Gasteiger partial charge in [-0.1, -0.05) is 19.7 Å². The Hall–Kier alpha value is -2.45. The molecule has 0 unspecified atom stereocenters. The largest absolute Gasteiger partial charge is 0.478 e. The number of hydrogen-bond donors (Lipinski definition) is 5. The molecule has 0 bridgehead atoms. The first kappa shape index (κ1) is 26.2. The Morgan fingerprint density at radius 1 is 0.700 bits per heavy atom. The smallest absolute Gasteiger partial charge is 0.327 e. The number of aliphatic carboxylic acids is 3. The Morgan fingerprint density at radius 3 is 0.850 bits per heavy atom. The molecule has 8 nitrogen and oxygen atoms in total. The van der Waals surface area contributed by atoms with Crippen molar-refractivity contribution in [3.8, 4) is 0 Å². The molecule has 0 radical (unpaired) electrons. The van der Waals surface area contributed by atoms with Crippen molar-refractivity contribution >= 4 is 17.9 Å². The molecule has 0 amide bonds. The van der Waals surface area contributed by atoms with Crippen molar-refractivity contribution in [1.29, 1.82) is 0 Å². The van der Waals surface area contributed by atoms with E-state index in [1.165, 1.54) is 0 Å². The molecular weight excluding hydrogens is 272 g/mol. The molecule has 0 aromatic heterocycles. The zero-order valence-electron chi connectivity index (χ0n) is 10.9. The second kappa shape index (κ2) is 25.4. The Kier molecular flexibility index (Phi) is 33.3. The van der Waals surface area contributed by atoms with Crippen molar-refractivity contribution in [2.45, 2.75) is 6.42 Å². The highest BCUT2D eigenvalue weighted by atomic mass is 16.4. The average molecular weight is 292 g/mol. The molecule has 20 heavy (non-hydrogen) atoms. The van der Waals surface area contributed by atoms with Gasteiger partial charge in [-0.2, -0.15) is 0 Å². The van der Waals surface area contributed by atoms with E-state index in [1.807, 2.05) is 0 Å². The fourth-order valence-electron chi connectivity index (χ4n) is 0.0707. The third-order valence-corrected chi connectivity index (χ3v) is 0.840. The lowest BCUT2D eigenvalue weighted by Crippen LogP contribution is -1.85. The third-order valence-electron chi connectivity index (χ3n) is 0.840. The molecule has 0 rings (SSSR count).